The smallest absolute Gasteiger partial charge is 0.322 e. The standard InChI is InChI=1S/C20H19FN4O4S/c1-12-19(13(2)23-20(22-12)29-18-7-5-4-6-17(18)21)25-30(27,28)16-10-8-15(9-11-16)24-14(3)26/h4-11,25H,1-3H3,(H,24,26). The first-order valence-corrected chi connectivity index (χ1v) is 10.3. The van der Waals surface area contributed by atoms with Crippen LogP contribution in [-0.4, -0.2) is 24.3 Å². The molecule has 156 valence electrons. The van der Waals surface area contributed by atoms with Crippen molar-refractivity contribution in [2.24, 2.45) is 0 Å². The van der Waals surface area contributed by atoms with Gasteiger partial charge in [-0.1, -0.05) is 12.1 Å². The van der Waals surface area contributed by atoms with Gasteiger partial charge in [-0.15, -0.1) is 0 Å². The van der Waals surface area contributed by atoms with Gasteiger partial charge in [0.15, 0.2) is 11.6 Å². The van der Waals surface area contributed by atoms with E-state index in [1.807, 2.05) is 0 Å². The molecule has 0 aliphatic carbocycles. The van der Waals surface area contributed by atoms with E-state index >= 15 is 0 Å². The van der Waals surface area contributed by atoms with Gasteiger partial charge in [0.05, 0.1) is 22.0 Å². The molecule has 0 bridgehead atoms. The Morgan fingerprint density at radius 1 is 1.00 bits per heavy atom. The Bertz CT molecular complexity index is 1170. The first-order valence-electron chi connectivity index (χ1n) is 8.84. The molecular weight excluding hydrogens is 411 g/mol. The number of aromatic nitrogens is 2. The van der Waals surface area contributed by atoms with E-state index in [9.17, 15) is 17.6 Å². The number of carbonyl (C=O) groups is 1. The van der Waals surface area contributed by atoms with Gasteiger partial charge in [0.2, 0.25) is 5.91 Å². The highest BCUT2D eigenvalue weighted by atomic mass is 32.2. The fraction of sp³-hybridized carbons (Fsp3) is 0.150. The second-order valence-electron chi connectivity index (χ2n) is 6.40. The highest BCUT2D eigenvalue weighted by molar-refractivity contribution is 7.92. The molecule has 0 saturated carbocycles. The van der Waals surface area contributed by atoms with Crippen LogP contribution in [0.5, 0.6) is 11.8 Å². The number of hydrogen-bond acceptors (Lipinski definition) is 6. The summed E-state index contributed by atoms with van der Waals surface area (Å²) >= 11 is 0. The average molecular weight is 430 g/mol. The van der Waals surface area contributed by atoms with Gasteiger partial charge in [-0.05, 0) is 50.2 Å². The normalized spacial score (nSPS) is 11.1. The average Bonchev–Trinajstić information content (AvgIpc) is 2.67. The van der Waals surface area contributed by atoms with E-state index in [0.717, 1.165) is 0 Å². The number of para-hydroxylation sites is 1. The molecule has 0 atom stereocenters. The molecule has 1 heterocycles. The van der Waals surface area contributed by atoms with E-state index in [1.54, 1.807) is 19.9 Å². The van der Waals surface area contributed by atoms with E-state index < -0.39 is 15.8 Å². The van der Waals surface area contributed by atoms with Gasteiger partial charge < -0.3 is 10.1 Å². The lowest BCUT2D eigenvalue weighted by Crippen LogP contribution is -2.16. The van der Waals surface area contributed by atoms with Crippen molar-refractivity contribution in [3.63, 3.8) is 0 Å². The molecule has 0 aliphatic heterocycles. The zero-order chi connectivity index (χ0) is 21.9. The second-order valence-corrected chi connectivity index (χ2v) is 8.08. The number of sulfonamides is 1. The Labute approximate surface area is 173 Å². The minimum absolute atomic E-state index is 0.00193. The van der Waals surface area contributed by atoms with Gasteiger partial charge in [0.1, 0.15) is 0 Å². The number of anilines is 2. The van der Waals surface area contributed by atoms with Crippen LogP contribution >= 0.6 is 0 Å². The van der Waals surface area contributed by atoms with E-state index in [0.29, 0.717) is 17.1 Å². The molecule has 0 aliphatic rings. The highest BCUT2D eigenvalue weighted by Crippen LogP contribution is 2.27. The summed E-state index contributed by atoms with van der Waals surface area (Å²) in [5, 5.41) is 2.57. The molecule has 0 fully saturated rings. The summed E-state index contributed by atoms with van der Waals surface area (Å²) < 4.78 is 47.1. The van der Waals surface area contributed by atoms with E-state index in [1.165, 1.54) is 49.4 Å². The van der Waals surface area contributed by atoms with Crippen molar-refractivity contribution >= 4 is 27.3 Å². The molecule has 0 saturated heterocycles. The molecule has 2 aromatic carbocycles. The number of benzene rings is 2. The van der Waals surface area contributed by atoms with Gasteiger partial charge >= 0.3 is 6.01 Å². The summed E-state index contributed by atoms with van der Waals surface area (Å²) in [6, 6.07) is 11.4. The van der Waals surface area contributed by atoms with E-state index in [4.69, 9.17) is 4.74 Å². The number of ether oxygens (including phenoxy) is 1. The van der Waals surface area contributed by atoms with Gasteiger partial charge in [-0.25, -0.2) is 12.8 Å². The number of nitrogens with zero attached hydrogens (tertiary/aromatic N) is 2. The maximum absolute atomic E-state index is 13.8. The maximum Gasteiger partial charge on any atom is 0.322 e. The number of nitrogens with one attached hydrogen (secondary N) is 2. The Kier molecular flexibility index (Phi) is 5.97. The summed E-state index contributed by atoms with van der Waals surface area (Å²) in [5.41, 5.74) is 1.30. The Morgan fingerprint density at radius 2 is 1.60 bits per heavy atom. The summed E-state index contributed by atoms with van der Waals surface area (Å²) in [6.45, 7) is 4.53. The van der Waals surface area contributed by atoms with E-state index in [2.05, 4.69) is 20.0 Å². The van der Waals surface area contributed by atoms with Crippen LogP contribution in [0.2, 0.25) is 0 Å². The lowest BCUT2D eigenvalue weighted by atomic mass is 10.3. The van der Waals surface area contributed by atoms with Crippen molar-refractivity contribution < 1.29 is 22.3 Å². The zero-order valence-electron chi connectivity index (χ0n) is 16.4. The van der Waals surface area contributed by atoms with Crippen molar-refractivity contribution in [1.82, 2.24) is 9.97 Å². The second kappa shape index (κ2) is 8.46. The molecule has 1 amide bonds. The number of aryl methyl sites for hydroxylation is 2. The lowest BCUT2D eigenvalue weighted by molar-refractivity contribution is -0.114. The number of carbonyl (C=O) groups excluding carboxylic acids is 1. The number of hydrogen-bond donors (Lipinski definition) is 2. The fourth-order valence-corrected chi connectivity index (χ4v) is 3.80. The van der Waals surface area contributed by atoms with Crippen LogP contribution in [0.1, 0.15) is 18.3 Å². The molecule has 3 aromatic rings. The van der Waals surface area contributed by atoms with Crippen molar-refractivity contribution in [3.8, 4) is 11.8 Å². The number of halogens is 1. The Morgan fingerprint density at radius 3 is 2.17 bits per heavy atom. The van der Waals surface area contributed by atoms with Crippen molar-refractivity contribution in [1.29, 1.82) is 0 Å². The Hall–Kier alpha value is -3.53. The van der Waals surface area contributed by atoms with Gasteiger partial charge in [0.25, 0.3) is 10.0 Å². The summed E-state index contributed by atoms with van der Waals surface area (Å²) in [6.07, 6.45) is 0. The van der Waals surface area contributed by atoms with Crippen molar-refractivity contribution in [3.05, 3.63) is 65.7 Å². The van der Waals surface area contributed by atoms with Crippen LogP contribution in [0.15, 0.2) is 53.4 Å². The van der Waals surface area contributed by atoms with Crippen molar-refractivity contribution in [2.45, 2.75) is 25.7 Å². The first kappa shape index (κ1) is 21.2. The largest absolute Gasteiger partial charge is 0.421 e. The SMILES string of the molecule is CC(=O)Nc1ccc(S(=O)(=O)Nc2c(C)nc(Oc3ccccc3F)nc2C)cc1. The molecule has 3 rings (SSSR count). The van der Waals surface area contributed by atoms with Crippen LogP contribution < -0.4 is 14.8 Å². The molecule has 30 heavy (non-hydrogen) atoms. The van der Waals surface area contributed by atoms with Crippen LogP contribution in [0.25, 0.3) is 0 Å². The molecule has 0 unspecified atom stereocenters. The first-order chi connectivity index (χ1) is 14.2. The summed E-state index contributed by atoms with van der Waals surface area (Å²) in [4.78, 5) is 19.3. The molecule has 2 N–H and O–H groups in total. The van der Waals surface area contributed by atoms with Gasteiger partial charge in [0, 0.05) is 12.6 Å². The number of rotatable bonds is 6. The minimum Gasteiger partial charge on any atom is -0.421 e. The third-order valence-corrected chi connectivity index (χ3v) is 5.38. The predicted molar refractivity (Wildman–Crippen MR) is 110 cm³/mol. The van der Waals surface area contributed by atoms with Crippen LogP contribution in [0, 0.1) is 19.7 Å². The quantitative estimate of drug-likeness (QED) is 0.616. The topological polar surface area (TPSA) is 110 Å². The number of amides is 1. The van der Waals surface area contributed by atoms with E-state index in [-0.39, 0.29) is 28.3 Å². The van der Waals surface area contributed by atoms with Crippen molar-refractivity contribution in [2.75, 3.05) is 10.0 Å². The summed E-state index contributed by atoms with van der Waals surface area (Å²) in [7, 11) is -3.93. The van der Waals surface area contributed by atoms with Crippen LogP contribution in [0.3, 0.4) is 0 Å². The monoisotopic (exact) mass is 430 g/mol. The fourth-order valence-electron chi connectivity index (χ4n) is 2.62. The highest BCUT2D eigenvalue weighted by Gasteiger charge is 2.19. The molecule has 10 heteroatoms. The molecule has 1 aromatic heterocycles. The third-order valence-electron chi connectivity index (χ3n) is 4.01. The third kappa shape index (κ3) is 4.90. The zero-order valence-corrected chi connectivity index (χ0v) is 17.2. The van der Waals surface area contributed by atoms with Crippen LogP contribution in [-0.2, 0) is 14.8 Å². The Balaban J connectivity index is 1.83. The predicted octanol–water partition coefficient (Wildman–Crippen LogP) is 3.78. The lowest BCUT2D eigenvalue weighted by Gasteiger charge is -2.14. The molecule has 0 radical (unpaired) electrons. The van der Waals surface area contributed by atoms with Gasteiger partial charge in [-0.3, -0.25) is 9.52 Å². The molecule has 8 nitrogen and oxygen atoms in total. The minimum atomic E-state index is -3.93. The molecule has 0 spiro atoms. The van der Waals surface area contributed by atoms with Crippen LogP contribution in [0.4, 0.5) is 15.8 Å². The maximum atomic E-state index is 13.8. The summed E-state index contributed by atoms with van der Waals surface area (Å²) in [5.74, 6) is -0.863. The molecular formula is C20H19FN4O4S. The van der Waals surface area contributed by atoms with Gasteiger partial charge in [-0.2, -0.15) is 9.97 Å².